The first-order valence-corrected chi connectivity index (χ1v) is 7.86. The van der Waals surface area contributed by atoms with Crippen LogP contribution >= 0.6 is 0 Å². The summed E-state index contributed by atoms with van der Waals surface area (Å²) in [6.45, 7) is 5.35. The fourth-order valence-electron chi connectivity index (χ4n) is 2.63. The molecule has 1 N–H and O–H groups in total. The monoisotopic (exact) mass is 287 g/mol. The number of nitrogens with zero attached hydrogens (tertiary/aromatic N) is 1. The number of hydrogen-bond donors (Lipinski definition) is 1. The fourth-order valence-corrected chi connectivity index (χ4v) is 2.63. The quantitative estimate of drug-likeness (QED) is 0.845. The Labute approximate surface area is 127 Å². The zero-order valence-corrected chi connectivity index (χ0v) is 12.8. The van der Waals surface area contributed by atoms with Gasteiger partial charge in [0.1, 0.15) is 12.4 Å². The highest BCUT2D eigenvalue weighted by molar-refractivity contribution is 5.38. The maximum Gasteiger partial charge on any atom is 0.119 e. The standard InChI is InChI=1S/C18H25NO2/c1-16-6-2-4-12-19(16)13-15-21-18-10-8-17(9-11-18)7-3-5-14-20/h8-11,16,20H,2,4-6,12-15H2,1H3. The van der Waals surface area contributed by atoms with Crippen LogP contribution in [0.1, 0.15) is 38.2 Å². The maximum absolute atomic E-state index is 8.69. The SMILES string of the molecule is CC1CCCCN1CCOc1ccc(C#CCCO)cc1. The van der Waals surface area contributed by atoms with Crippen molar-refractivity contribution in [3.8, 4) is 17.6 Å². The van der Waals surface area contributed by atoms with Crippen molar-refractivity contribution in [3.63, 3.8) is 0 Å². The Kier molecular flexibility index (Phi) is 6.59. The van der Waals surface area contributed by atoms with Crippen LogP contribution in [-0.4, -0.2) is 42.4 Å². The Morgan fingerprint density at radius 2 is 2.10 bits per heavy atom. The molecule has 1 aromatic carbocycles. The molecule has 1 aliphatic heterocycles. The van der Waals surface area contributed by atoms with E-state index < -0.39 is 0 Å². The molecule has 0 saturated carbocycles. The molecule has 0 aromatic heterocycles. The van der Waals surface area contributed by atoms with Crippen molar-refractivity contribution in [2.24, 2.45) is 0 Å². The van der Waals surface area contributed by atoms with Crippen LogP contribution in [-0.2, 0) is 0 Å². The summed E-state index contributed by atoms with van der Waals surface area (Å²) in [7, 11) is 0. The van der Waals surface area contributed by atoms with Gasteiger partial charge in [-0.25, -0.2) is 0 Å². The van der Waals surface area contributed by atoms with E-state index in [0.717, 1.165) is 24.5 Å². The van der Waals surface area contributed by atoms with E-state index in [1.807, 2.05) is 24.3 Å². The molecule has 1 aromatic rings. The number of aliphatic hydroxyl groups excluding tert-OH is 1. The van der Waals surface area contributed by atoms with Crippen LogP contribution in [0.25, 0.3) is 0 Å². The fraction of sp³-hybridized carbons (Fsp3) is 0.556. The van der Waals surface area contributed by atoms with Crippen LogP contribution in [0.15, 0.2) is 24.3 Å². The molecule has 1 heterocycles. The maximum atomic E-state index is 8.69. The van der Waals surface area contributed by atoms with E-state index in [1.54, 1.807) is 0 Å². The first kappa shape index (κ1) is 15.9. The Balaban J connectivity index is 1.74. The van der Waals surface area contributed by atoms with E-state index in [-0.39, 0.29) is 6.61 Å². The molecule has 0 aliphatic carbocycles. The van der Waals surface area contributed by atoms with Crippen LogP contribution in [0.2, 0.25) is 0 Å². The molecular weight excluding hydrogens is 262 g/mol. The van der Waals surface area contributed by atoms with Gasteiger partial charge in [0.05, 0.1) is 6.61 Å². The van der Waals surface area contributed by atoms with E-state index >= 15 is 0 Å². The summed E-state index contributed by atoms with van der Waals surface area (Å²) in [5.41, 5.74) is 0.959. The van der Waals surface area contributed by atoms with Crippen LogP contribution in [0.3, 0.4) is 0 Å². The zero-order valence-electron chi connectivity index (χ0n) is 12.8. The molecule has 1 atom stereocenters. The van der Waals surface area contributed by atoms with Crippen LogP contribution in [0.5, 0.6) is 5.75 Å². The summed E-state index contributed by atoms with van der Waals surface area (Å²) in [6.07, 6.45) is 4.50. The number of aliphatic hydroxyl groups is 1. The molecule has 21 heavy (non-hydrogen) atoms. The van der Waals surface area contributed by atoms with Crippen molar-refractivity contribution in [1.29, 1.82) is 0 Å². The highest BCUT2D eigenvalue weighted by Gasteiger charge is 2.17. The first-order valence-electron chi connectivity index (χ1n) is 7.86. The summed E-state index contributed by atoms with van der Waals surface area (Å²) in [4.78, 5) is 2.51. The summed E-state index contributed by atoms with van der Waals surface area (Å²) in [5, 5.41) is 8.69. The molecule has 3 nitrogen and oxygen atoms in total. The number of benzene rings is 1. The molecule has 1 unspecified atom stereocenters. The van der Waals surface area contributed by atoms with Crippen LogP contribution in [0.4, 0.5) is 0 Å². The predicted octanol–water partition coefficient (Wildman–Crippen LogP) is 2.67. The van der Waals surface area contributed by atoms with Gasteiger partial charge in [-0.3, -0.25) is 4.90 Å². The number of likely N-dealkylation sites (tertiary alicyclic amines) is 1. The van der Waals surface area contributed by atoms with Crippen molar-refractivity contribution in [1.82, 2.24) is 4.90 Å². The Morgan fingerprint density at radius 1 is 1.29 bits per heavy atom. The van der Waals surface area contributed by atoms with Gasteiger partial charge >= 0.3 is 0 Å². The van der Waals surface area contributed by atoms with E-state index in [9.17, 15) is 0 Å². The zero-order chi connectivity index (χ0) is 14.9. The normalized spacial score (nSPS) is 18.9. The van der Waals surface area contributed by atoms with Crippen molar-refractivity contribution < 1.29 is 9.84 Å². The van der Waals surface area contributed by atoms with Crippen molar-refractivity contribution >= 4 is 0 Å². The Hall–Kier alpha value is -1.50. The highest BCUT2D eigenvalue weighted by Crippen LogP contribution is 2.16. The molecule has 0 radical (unpaired) electrons. The third kappa shape index (κ3) is 5.41. The average molecular weight is 287 g/mol. The van der Waals surface area contributed by atoms with E-state index in [2.05, 4.69) is 23.7 Å². The molecule has 0 bridgehead atoms. The van der Waals surface area contributed by atoms with Gasteiger partial charge < -0.3 is 9.84 Å². The van der Waals surface area contributed by atoms with Crippen LogP contribution < -0.4 is 4.74 Å². The molecule has 1 aliphatic rings. The minimum absolute atomic E-state index is 0.114. The van der Waals surface area contributed by atoms with E-state index in [4.69, 9.17) is 9.84 Å². The van der Waals surface area contributed by atoms with E-state index in [0.29, 0.717) is 12.5 Å². The predicted molar refractivity (Wildman–Crippen MR) is 85.4 cm³/mol. The van der Waals surface area contributed by atoms with Gasteiger partial charge in [0.15, 0.2) is 0 Å². The molecule has 114 valence electrons. The number of hydrogen-bond acceptors (Lipinski definition) is 3. The summed E-state index contributed by atoms with van der Waals surface area (Å²) < 4.78 is 5.81. The highest BCUT2D eigenvalue weighted by atomic mass is 16.5. The summed E-state index contributed by atoms with van der Waals surface area (Å²) in [6, 6.07) is 8.53. The topological polar surface area (TPSA) is 32.7 Å². The molecule has 2 rings (SSSR count). The lowest BCUT2D eigenvalue weighted by Crippen LogP contribution is -2.39. The van der Waals surface area contributed by atoms with Gasteiger partial charge in [0.2, 0.25) is 0 Å². The Bertz CT molecular complexity index is 472. The minimum Gasteiger partial charge on any atom is -0.492 e. The number of ether oxygens (including phenoxy) is 1. The second kappa shape index (κ2) is 8.71. The van der Waals surface area contributed by atoms with Crippen molar-refractivity contribution in [2.45, 2.75) is 38.6 Å². The third-order valence-electron chi connectivity index (χ3n) is 3.91. The lowest BCUT2D eigenvalue weighted by molar-refractivity contribution is 0.133. The molecule has 3 heteroatoms. The van der Waals surface area contributed by atoms with Gasteiger partial charge in [-0.1, -0.05) is 18.3 Å². The van der Waals surface area contributed by atoms with Crippen LogP contribution in [0, 0.1) is 11.8 Å². The smallest absolute Gasteiger partial charge is 0.119 e. The Morgan fingerprint density at radius 3 is 2.81 bits per heavy atom. The molecule has 1 fully saturated rings. The molecule has 0 amide bonds. The third-order valence-corrected chi connectivity index (χ3v) is 3.91. The molecule has 1 saturated heterocycles. The average Bonchev–Trinajstić information content (AvgIpc) is 2.51. The molecular formula is C18H25NO2. The lowest BCUT2D eigenvalue weighted by atomic mass is 10.0. The van der Waals surface area contributed by atoms with Gasteiger partial charge in [0, 0.05) is 24.6 Å². The van der Waals surface area contributed by atoms with Crippen molar-refractivity contribution in [2.75, 3.05) is 26.3 Å². The number of rotatable bonds is 5. The van der Waals surface area contributed by atoms with Gasteiger partial charge in [-0.2, -0.15) is 0 Å². The second-order valence-corrected chi connectivity index (χ2v) is 5.53. The lowest BCUT2D eigenvalue weighted by Gasteiger charge is -2.33. The van der Waals surface area contributed by atoms with Gasteiger partial charge in [0.25, 0.3) is 0 Å². The van der Waals surface area contributed by atoms with Gasteiger partial charge in [-0.15, -0.1) is 0 Å². The van der Waals surface area contributed by atoms with Crippen molar-refractivity contribution in [3.05, 3.63) is 29.8 Å². The van der Waals surface area contributed by atoms with E-state index in [1.165, 1.54) is 25.8 Å². The first-order chi connectivity index (χ1) is 10.3. The molecule has 0 spiro atoms. The second-order valence-electron chi connectivity index (χ2n) is 5.53. The largest absolute Gasteiger partial charge is 0.492 e. The van der Waals surface area contributed by atoms with Gasteiger partial charge in [-0.05, 0) is 50.6 Å². The minimum atomic E-state index is 0.114. The summed E-state index contributed by atoms with van der Waals surface area (Å²) >= 11 is 0. The number of piperidine rings is 1. The summed E-state index contributed by atoms with van der Waals surface area (Å²) in [5.74, 6) is 6.82.